The number of aryl methyl sites for hydroxylation is 1. The molecule has 0 aromatic carbocycles. The maximum Gasteiger partial charge on any atom is 0.0539 e. The molecule has 0 bridgehead atoms. The second kappa shape index (κ2) is 5.79. The van der Waals surface area contributed by atoms with E-state index in [9.17, 15) is 0 Å². The molecule has 0 saturated carbocycles. The maximum atomic E-state index is 6.00. The molecule has 1 rings (SSSR count). The lowest BCUT2D eigenvalue weighted by Gasteiger charge is -2.18. The molecule has 14 heavy (non-hydrogen) atoms. The van der Waals surface area contributed by atoms with Gasteiger partial charge in [0, 0.05) is 15.8 Å². The lowest BCUT2D eigenvalue weighted by atomic mass is 10.2. The lowest BCUT2D eigenvalue weighted by Crippen LogP contribution is -2.22. The minimum absolute atomic E-state index is 0.240. The highest BCUT2D eigenvalue weighted by Gasteiger charge is 2.17. The highest BCUT2D eigenvalue weighted by Crippen LogP contribution is 2.35. The molecule has 0 aliphatic rings. The standard InChI is InChI=1S/C11H19NS2/c1-4-7-13-11(9(3)12)10-6-5-8(2)14-10/h5-6,9,11H,4,7,12H2,1-3H3. The molecule has 1 aromatic rings. The zero-order valence-electron chi connectivity index (χ0n) is 9.12. The summed E-state index contributed by atoms with van der Waals surface area (Å²) < 4.78 is 0. The fraction of sp³-hybridized carbons (Fsp3) is 0.636. The van der Waals surface area contributed by atoms with Gasteiger partial charge in [-0.2, -0.15) is 11.8 Å². The summed E-state index contributed by atoms with van der Waals surface area (Å²) in [4.78, 5) is 2.80. The fourth-order valence-electron chi connectivity index (χ4n) is 1.34. The third-order valence-corrected chi connectivity index (χ3v) is 4.94. The number of hydrogen-bond acceptors (Lipinski definition) is 3. The van der Waals surface area contributed by atoms with Crippen LogP contribution in [0.4, 0.5) is 0 Å². The van der Waals surface area contributed by atoms with Crippen molar-refractivity contribution >= 4 is 23.1 Å². The van der Waals surface area contributed by atoms with Gasteiger partial charge in [0.05, 0.1) is 5.25 Å². The normalized spacial score (nSPS) is 15.4. The Morgan fingerprint density at radius 3 is 2.64 bits per heavy atom. The molecule has 0 aliphatic carbocycles. The molecule has 0 radical (unpaired) electrons. The molecule has 0 fully saturated rings. The molecule has 0 saturated heterocycles. The van der Waals surface area contributed by atoms with Crippen molar-refractivity contribution in [1.29, 1.82) is 0 Å². The van der Waals surface area contributed by atoms with E-state index in [1.807, 2.05) is 23.1 Å². The van der Waals surface area contributed by atoms with Crippen molar-refractivity contribution < 1.29 is 0 Å². The summed E-state index contributed by atoms with van der Waals surface area (Å²) in [6.45, 7) is 6.46. The van der Waals surface area contributed by atoms with E-state index < -0.39 is 0 Å². The van der Waals surface area contributed by atoms with Crippen LogP contribution in [0.15, 0.2) is 12.1 Å². The van der Waals surface area contributed by atoms with Gasteiger partial charge < -0.3 is 5.73 Å². The summed E-state index contributed by atoms with van der Waals surface area (Å²) in [5.74, 6) is 1.20. The molecular weight excluding hydrogens is 210 g/mol. The van der Waals surface area contributed by atoms with Crippen molar-refractivity contribution in [1.82, 2.24) is 0 Å². The molecule has 2 unspecified atom stereocenters. The van der Waals surface area contributed by atoms with Crippen molar-refractivity contribution in [3.63, 3.8) is 0 Å². The van der Waals surface area contributed by atoms with Crippen molar-refractivity contribution in [3.05, 3.63) is 21.9 Å². The maximum absolute atomic E-state index is 6.00. The van der Waals surface area contributed by atoms with Crippen LogP contribution >= 0.6 is 23.1 Å². The highest BCUT2D eigenvalue weighted by atomic mass is 32.2. The smallest absolute Gasteiger partial charge is 0.0539 e. The Morgan fingerprint density at radius 1 is 1.50 bits per heavy atom. The summed E-state index contributed by atoms with van der Waals surface area (Å²) in [7, 11) is 0. The van der Waals surface area contributed by atoms with Crippen LogP contribution in [0.2, 0.25) is 0 Å². The summed E-state index contributed by atoms with van der Waals surface area (Å²) >= 11 is 3.86. The molecule has 2 N–H and O–H groups in total. The first kappa shape index (κ1) is 12.1. The molecule has 3 heteroatoms. The molecular formula is C11H19NS2. The van der Waals surface area contributed by atoms with Gasteiger partial charge in [0.2, 0.25) is 0 Å². The summed E-state index contributed by atoms with van der Waals surface area (Å²) in [5.41, 5.74) is 6.00. The summed E-state index contributed by atoms with van der Waals surface area (Å²) in [6, 6.07) is 4.64. The van der Waals surface area contributed by atoms with E-state index in [0.717, 1.165) is 0 Å². The summed E-state index contributed by atoms with van der Waals surface area (Å²) in [6.07, 6.45) is 1.22. The first-order chi connectivity index (χ1) is 6.65. The van der Waals surface area contributed by atoms with E-state index in [1.165, 1.54) is 21.9 Å². The van der Waals surface area contributed by atoms with Gasteiger partial charge in [-0.05, 0) is 38.2 Å². The number of thioether (sulfide) groups is 1. The van der Waals surface area contributed by atoms with Gasteiger partial charge in [-0.3, -0.25) is 0 Å². The zero-order chi connectivity index (χ0) is 10.6. The Hall–Kier alpha value is 0.01000. The van der Waals surface area contributed by atoms with E-state index >= 15 is 0 Å². The Bertz CT molecular complexity index is 268. The second-order valence-electron chi connectivity index (χ2n) is 3.60. The lowest BCUT2D eigenvalue weighted by molar-refractivity contribution is 0.729. The van der Waals surface area contributed by atoms with E-state index in [4.69, 9.17) is 5.73 Å². The van der Waals surface area contributed by atoms with Gasteiger partial charge in [-0.15, -0.1) is 11.3 Å². The number of hydrogen-bond donors (Lipinski definition) is 1. The molecule has 0 spiro atoms. The monoisotopic (exact) mass is 229 g/mol. The molecule has 2 atom stereocenters. The largest absolute Gasteiger partial charge is 0.327 e. The minimum Gasteiger partial charge on any atom is -0.327 e. The van der Waals surface area contributed by atoms with Crippen LogP contribution in [0.1, 0.15) is 35.3 Å². The van der Waals surface area contributed by atoms with Crippen molar-refractivity contribution in [2.75, 3.05) is 5.75 Å². The van der Waals surface area contributed by atoms with Crippen LogP contribution in [0, 0.1) is 6.92 Å². The average Bonchev–Trinajstić information content (AvgIpc) is 2.52. The third kappa shape index (κ3) is 3.30. The van der Waals surface area contributed by atoms with Crippen LogP contribution in [-0.4, -0.2) is 11.8 Å². The fourth-order valence-corrected chi connectivity index (χ4v) is 3.70. The predicted molar refractivity (Wildman–Crippen MR) is 68.2 cm³/mol. The van der Waals surface area contributed by atoms with Crippen molar-refractivity contribution in [2.24, 2.45) is 5.73 Å². The Balaban J connectivity index is 2.67. The van der Waals surface area contributed by atoms with Crippen LogP contribution in [0.3, 0.4) is 0 Å². The Labute approximate surface area is 95.1 Å². The van der Waals surface area contributed by atoms with E-state index in [2.05, 4.69) is 32.9 Å². The van der Waals surface area contributed by atoms with E-state index in [0.29, 0.717) is 5.25 Å². The predicted octanol–water partition coefficient (Wildman–Crippen LogP) is 3.59. The third-order valence-electron chi connectivity index (χ3n) is 2.02. The SMILES string of the molecule is CCCSC(c1ccc(C)s1)C(C)N. The van der Waals surface area contributed by atoms with Gasteiger partial charge in [0.15, 0.2) is 0 Å². The topological polar surface area (TPSA) is 26.0 Å². The number of thiophene rings is 1. The molecule has 80 valence electrons. The van der Waals surface area contributed by atoms with Gasteiger partial charge in [-0.25, -0.2) is 0 Å². The van der Waals surface area contributed by atoms with Crippen LogP contribution in [0.25, 0.3) is 0 Å². The zero-order valence-corrected chi connectivity index (χ0v) is 10.8. The molecule has 0 aliphatic heterocycles. The van der Waals surface area contributed by atoms with Crippen molar-refractivity contribution in [2.45, 2.75) is 38.5 Å². The van der Waals surface area contributed by atoms with Gasteiger partial charge >= 0.3 is 0 Å². The van der Waals surface area contributed by atoms with Crippen LogP contribution in [0.5, 0.6) is 0 Å². The first-order valence-corrected chi connectivity index (χ1v) is 6.95. The Kier molecular flexibility index (Phi) is 4.99. The van der Waals surface area contributed by atoms with E-state index in [-0.39, 0.29) is 6.04 Å². The first-order valence-electron chi connectivity index (χ1n) is 5.08. The van der Waals surface area contributed by atoms with Gasteiger partial charge in [0.25, 0.3) is 0 Å². The molecule has 1 aromatic heterocycles. The van der Waals surface area contributed by atoms with Crippen molar-refractivity contribution in [3.8, 4) is 0 Å². The highest BCUT2D eigenvalue weighted by molar-refractivity contribution is 7.99. The van der Waals surface area contributed by atoms with Gasteiger partial charge in [-0.1, -0.05) is 6.92 Å². The summed E-state index contributed by atoms with van der Waals surface area (Å²) in [5, 5.41) is 0.480. The second-order valence-corrected chi connectivity index (χ2v) is 6.17. The minimum atomic E-state index is 0.240. The quantitative estimate of drug-likeness (QED) is 0.835. The molecule has 0 amide bonds. The van der Waals surface area contributed by atoms with E-state index in [1.54, 1.807) is 0 Å². The van der Waals surface area contributed by atoms with Crippen LogP contribution < -0.4 is 5.73 Å². The van der Waals surface area contributed by atoms with Gasteiger partial charge in [0.1, 0.15) is 0 Å². The van der Waals surface area contributed by atoms with Crippen LogP contribution in [-0.2, 0) is 0 Å². The Morgan fingerprint density at radius 2 is 2.21 bits per heavy atom. The molecule has 1 nitrogen and oxygen atoms in total. The molecule has 1 heterocycles. The average molecular weight is 229 g/mol. The number of rotatable bonds is 5. The number of nitrogens with two attached hydrogens (primary N) is 1.